The van der Waals surface area contributed by atoms with Crippen LogP contribution in [0.2, 0.25) is 0 Å². The lowest BCUT2D eigenvalue weighted by atomic mass is 10.1. The van der Waals surface area contributed by atoms with E-state index in [1.54, 1.807) is 0 Å². The molecule has 0 nitrogen and oxygen atoms in total. The monoisotopic (exact) mass is 298 g/mol. The van der Waals surface area contributed by atoms with Crippen LogP contribution in [0.15, 0.2) is 59.1 Å². The number of hydrogen-bond acceptors (Lipinski definition) is 0. The standard InChI is InChI=1S/C17H15Br/c18-17-13-11-16(12-14-17)10-6-2-5-9-15-7-3-1-4-8-15/h1,3-4,7-8,11-14H,2,5,9H2. The molecule has 18 heavy (non-hydrogen) atoms. The molecule has 0 spiro atoms. The second kappa shape index (κ2) is 7.03. The highest BCUT2D eigenvalue weighted by Crippen LogP contribution is 2.09. The van der Waals surface area contributed by atoms with Crippen molar-refractivity contribution in [2.75, 3.05) is 0 Å². The minimum absolute atomic E-state index is 0.949. The maximum atomic E-state index is 3.42. The molecule has 0 saturated heterocycles. The highest BCUT2D eigenvalue weighted by molar-refractivity contribution is 9.10. The second-order valence-electron chi connectivity index (χ2n) is 4.15. The minimum atomic E-state index is 0.949. The smallest absolute Gasteiger partial charge is 0.0246 e. The van der Waals surface area contributed by atoms with E-state index in [0.717, 1.165) is 29.3 Å². The summed E-state index contributed by atoms with van der Waals surface area (Å²) < 4.78 is 1.09. The van der Waals surface area contributed by atoms with Crippen LogP contribution in [-0.2, 0) is 6.42 Å². The van der Waals surface area contributed by atoms with Crippen molar-refractivity contribution in [1.82, 2.24) is 0 Å². The summed E-state index contributed by atoms with van der Waals surface area (Å²) in [6.45, 7) is 0. The summed E-state index contributed by atoms with van der Waals surface area (Å²) in [4.78, 5) is 0. The van der Waals surface area contributed by atoms with E-state index < -0.39 is 0 Å². The van der Waals surface area contributed by atoms with Gasteiger partial charge in [0.25, 0.3) is 0 Å². The Morgan fingerprint density at radius 1 is 0.889 bits per heavy atom. The van der Waals surface area contributed by atoms with Crippen LogP contribution in [0, 0.1) is 11.8 Å². The van der Waals surface area contributed by atoms with Crippen molar-refractivity contribution >= 4 is 15.9 Å². The van der Waals surface area contributed by atoms with Crippen LogP contribution < -0.4 is 0 Å². The predicted octanol–water partition coefficient (Wildman–Crippen LogP) is 4.82. The molecule has 2 rings (SSSR count). The molecule has 0 aliphatic heterocycles. The molecule has 0 unspecified atom stereocenters. The quantitative estimate of drug-likeness (QED) is 0.563. The Balaban J connectivity index is 1.77. The van der Waals surface area contributed by atoms with Crippen LogP contribution >= 0.6 is 15.9 Å². The van der Waals surface area contributed by atoms with E-state index in [4.69, 9.17) is 0 Å². The summed E-state index contributed by atoms with van der Waals surface area (Å²) in [5.74, 6) is 6.41. The predicted molar refractivity (Wildman–Crippen MR) is 80.4 cm³/mol. The SMILES string of the molecule is Brc1ccc(C#CCCCc2ccccc2)cc1. The van der Waals surface area contributed by atoms with Crippen LogP contribution in [0.3, 0.4) is 0 Å². The number of benzene rings is 2. The Labute approximate surface area is 117 Å². The largest absolute Gasteiger partial charge is 0.0979 e. The van der Waals surface area contributed by atoms with Gasteiger partial charge in [0.05, 0.1) is 0 Å². The number of rotatable bonds is 3. The molecule has 0 aliphatic carbocycles. The lowest BCUT2D eigenvalue weighted by Gasteiger charge is -1.96. The van der Waals surface area contributed by atoms with Gasteiger partial charge >= 0.3 is 0 Å². The van der Waals surface area contributed by atoms with Gasteiger partial charge in [-0.05, 0) is 42.7 Å². The lowest BCUT2D eigenvalue weighted by molar-refractivity contribution is 0.858. The molecule has 0 amide bonds. The molecule has 90 valence electrons. The van der Waals surface area contributed by atoms with E-state index in [1.807, 2.05) is 24.3 Å². The summed E-state index contributed by atoms with van der Waals surface area (Å²) in [6.07, 6.45) is 3.17. The average molecular weight is 299 g/mol. The fourth-order valence-electron chi connectivity index (χ4n) is 1.72. The summed E-state index contributed by atoms with van der Waals surface area (Å²) >= 11 is 3.42. The van der Waals surface area contributed by atoms with Crippen LogP contribution in [0.1, 0.15) is 24.0 Å². The van der Waals surface area contributed by atoms with Crippen LogP contribution in [0.25, 0.3) is 0 Å². The first-order valence-corrected chi connectivity index (χ1v) is 6.92. The highest BCUT2D eigenvalue weighted by Gasteiger charge is 1.90. The fraction of sp³-hybridized carbons (Fsp3) is 0.176. The van der Waals surface area contributed by atoms with E-state index in [2.05, 4.69) is 58.1 Å². The Kier molecular flexibility index (Phi) is 5.05. The van der Waals surface area contributed by atoms with Crippen molar-refractivity contribution in [1.29, 1.82) is 0 Å². The minimum Gasteiger partial charge on any atom is -0.0979 e. The normalized spacial score (nSPS) is 9.61. The van der Waals surface area contributed by atoms with Crippen molar-refractivity contribution in [3.05, 3.63) is 70.2 Å². The average Bonchev–Trinajstić information content (AvgIpc) is 2.42. The Hall–Kier alpha value is -1.52. The van der Waals surface area contributed by atoms with E-state index >= 15 is 0 Å². The Morgan fingerprint density at radius 3 is 2.33 bits per heavy atom. The third kappa shape index (κ3) is 4.39. The van der Waals surface area contributed by atoms with Crippen molar-refractivity contribution in [3.8, 4) is 11.8 Å². The lowest BCUT2D eigenvalue weighted by Crippen LogP contribution is -1.83. The van der Waals surface area contributed by atoms with Gasteiger partial charge in [-0.2, -0.15) is 0 Å². The molecule has 1 heteroatoms. The van der Waals surface area contributed by atoms with E-state index in [9.17, 15) is 0 Å². The molecule has 0 radical (unpaired) electrons. The molecule has 0 bridgehead atoms. The summed E-state index contributed by atoms with van der Waals surface area (Å²) in [6, 6.07) is 18.7. The molecular formula is C17H15Br. The topological polar surface area (TPSA) is 0 Å². The van der Waals surface area contributed by atoms with Gasteiger partial charge in [-0.25, -0.2) is 0 Å². The molecular weight excluding hydrogens is 284 g/mol. The van der Waals surface area contributed by atoms with Gasteiger partial charge in [-0.1, -0.05) is 58.1 Å². The molecule has 0 atom stereocenters. The molecule has 0 aliphatic rings. The maximum absolute atomic E-state index is 3.42. The van der Waals surface area contributed by atoms with Gasteiger partial charge in [-0.3, -0.25) is 0 Å². The number of unbranched alkanes of at least 4 members (excludes halogenated alkanes) is 1. The van der Waals surface area contributed by atoms with Gasteiger partial charge < -0.3 is 0 Å². The highest BCUT2D eigenvalue weighted by atomic mass is 79.9. The van der Waals surface area contributed by atoms with Gasteiger partial charge in [0.1, 0.15) is 0 Å². The maximum Gasteiger partial charge on any atom is 0.0246 e. The number of halogens is 1. The van der Waals surface area contributed by atoms with Gasteiger partial charge in [-0.15, -0.1) is 0 Å². The zero-order valence-corrected chi connectivity index (χ0v) is 11.8. The van der Waals surface area contributed by atoms with Crippen molar-refractivity contribution in [2.24, 2.45) is 0 Å². The van der Waals surface area contributed by atoms with Crippen LogP contribution in [0.5, 0.6) is 0 Å². The van der Waals surface area contributed by atoms with Gasteiger partial charge in [0.2, 0.25) is 0 Å². The van der Waals surface area contributed by atoms with Crippen molar-refractivity contribution in [2.45, 2.75) is 19.3 Å². The molecule has 0 heterocycles. The zero-order chi connectivity index (χ0) is 12.6. The third-order valence-electron chi connectivity index (χ3n) is 2.69. The first-order valence-electron chi connectivity index (χ1n) is 6.13. The Bertz CT molecular complexity index is 529. The third-order valence-corrected chi connectivity index (χ3v) is 3.22. The van der Waals surface area contributed by atoms with E-state index in [-0.39, 0.29) is 0 Å². The first-order chi connectivity index (χ1) is 8.84. The molecule has 2 aromatic rings. The van der Waals surface area contributed by atoms with Crippen molar-refractivity contribution in [3.63, 3.8) is 0 Å². The van der Waals surface area contributed by atoms with Crippen LogP contribution in [0.4, 0.5) is 0 Å². The van der Waals surface area contributed by atoms with Gasteiger partial charge in [0.15, 0.2) is 0 Å². The van der Waals surface area contributed by atoms with Crippen LogP contribution in [-0.4, -0.2) is 0 Å². The first kappa shape index (κ1) is 12.9. The van der Waals surface area contributed by atoms with Crippen molar-refractivity contribution < 1.29 is 0 Å². The molecule has 0 aromatic heterocycles. The zero-order valence-electron chi connectivity index (χ0n) is 10.2. The molecule has 0 N–H and O–H groups in total. The van der Waals surface area contributed by atoms with E-state index in [0.29, 0.717) is 0 Å². The van der Waals surface area contributed by atoms with E-state index in [1.165, 1.54) is 5.56 Å². The second-order valence-corrected chi connectivity index (χ2v) is 5.06. The number of hydrogen-bond donors (Lipinski definition) is 0. The molecule has 0 saturated carbocycles. The molecule has 0 fully saturated rings. The summed E-state index contributed by atoms with van der Waals surface area (Å²) in [5, 5.41) is 0. The summed E-state index contributed by atoms with van der Waals surface area (Å²) in [7, 11) is 0. The molecule has 2 aromatic carbocycles. The summed E-state index contributed by atoms with van der Waals surface area (Å²) in [5.41, 5.74) is 2.47. The van der Waals surface area contributed by atoms with Gasteiger partial charge in [0, 0.05) is 16.5 Å². The fourth-order valence-corrected chi connectivity index (χ4v) is 1.99. The Morgan fingerprint density at radius 2 is 1.61 bits per heavy atom. The number of aryl methyl sites for hydroxylation is 1.